The molecule has 0 N–H and O–H groups in total. The molecule has 0 aliphatic carbocycles. The van der Waals surface area contributed by atoms with Crippen molar-refractivity contribution in [3.05, 3.63) is 16.6 Å². The van der Waals surface area contributed by atoms with Gasteiger partial charge in [-0.15, -0.1) is 11.3 Å². The van der Waals surface area contributed by atoms with E-state index in [1.54, 1.807) is 11.3 Å². The molecular formula is C11H16N2O2S. The topological polar surface area (TPSA) is 42.4 Å². The Morgan fingerprint density at radius 3 is 3.12 bits per heavy atom. The molecule has 2 atom stereocenters. The lowest BCUT2D eigenvalue weighted by atomic mass is 9.99. The number of esters is 1. The minimum atomic E-state index is -0.0896. The fourth-order valence-electron chi connectivity index (χ4n) is 2.20. The molecule has 4 nitrogen and oxygen atoms in total. The number of thiazole rings is 1. The molecule has 1 saturated heterocycles. The highest BCUT2D eigenvalue weighted by molar-refractivity contribution is 7.07. The Morgan fingerprint density at radius 1 is 1.69 bits per heavy atom. The lowest BCUT2D eigenvalue weighted by Gasteiger charge is -2.13. The number of rotatable bonds is 3. The largest absolute Gasteiger partial charge is 0.469 e. The van der Waals surface area contributed by atoms with Gasteiger partial charge in [-0.1, -0.05) is 6.92 Å². The summed E-state index contributed by atoms with van der Waals surface area (Å²) in [6.07, 6.45) is 0. The summed E-state index contributed by atoms with van der Waals surface area (Å²) in [5.74, 6) is 0.294. The predicted molar refractivity (Wildman–Crippen MR) is 62.1 cm³/mol. The van der Waals surface area contributed by atoms with Crippen LogP contribution in [0, 0.1) is 11.8 Å². The Morgan fingerprint density at radius 2 is 2.50 bits per heavy atom. The van der Waals surface area contributed by atoms with E-state index in [1.165, 1.54) is 7.11 Å². The lowest BCUT2D eigenvalue weighted by Crippen LogP contribution is -2.24. The van der Waals surface area contributed by atoms with E-state index in [0.717, 1.165) is 25.3 Å². The zero-order chi connectivity index (χ0) is 11.5. The molecule has 1 fully saturated rings. The molecule has 5 heteroatoms. The van der Waals surface area contributed by atoms with E-state index >= 15 is 0 Å². The van der Waals surface area contributed by atoms with Gasteiger partial charge in [-0.3, -0.25) is 9.69 Å². The highest BCUT2D eigenvalue weighted by Crippen LogP contribution is 2.25. The summed E-state index contributed by atoms with van der Waals surface area (Å²) in [4.78, 5) is 18.0. The van der Waals surface area contributed by atoms with Crippen molar-refractivity contribution in [1.29, 1.82) is 0 Å². The third kappa shape index (κ3) is 2.41. The number of likely N-dealkylation sites (tertiary alicyclic amines) is 1. The Hall–Kier alpha value is -0.940. The average Bonchev–Trinajstić information content (AvgIpc) is 2.88. The molecule has 88 valence electrons. The predicted octanol–water partition coefficient (Wildman–Crippen LogP) is 1.38. The molecule has 2 rings (SSSR count). The number of nitrogens with zero attached hydrogens (tertiary/aromatic N) is 2. The molecule has 1 aromatic heterocycles. The molecule has 0 spiro atoms. The summed E-state index contributed by atoms with van der Waals surface area (Å²) >= 11 is 1.61. The van der Waals surface area contributed by atoms with Crippen LogP contribution in [0.5, 0.6) is 0 Å². The Labute approximate surface area is 99.2 Å². The summed E-state index contributed by atoms with van der Waals surface area (Å²) < 4.78 is 4.81. The number of aromatic nitrogens is 1. The van der Waals surface area contributed by atoms with Crippen LogP contribution in [0.15, 0.2) is 10.9 Å². The van der Waals surface area contributed by atoms with Gasteiger partial charge in [0.2, 0.25) is 0 Å². The summed E-state index contributed by atoms with van der Waals surface area (Å²) in [6.45, 7) is 4.66. The number of carbonyl (C=O) groups is 1. The molecule has 2 heterocycles. The molecule has 1 aromatic rings. The van der Waals surface area contributed by atoms with E-state index < -0.39 is 0 Å². The maximum Gasteiger partial charge on any atom is 0.310 e. The van der Waals surface area contributed by atoms with E-state index in [2.05, 4.69) is 22.2 Å². The van der Waals surface area contributed by atoms with Gasteiger partial charge in [-0.25, -0.2) is 4.98 Å². The fourth-order valence-corrected chi connectivity index (χ4v) is 2.75. The zero-order valence-corrected chi connectivity index (χ0v) is 10.4. The van der Waals surface area contributed by atoms with Gasteiger partial charge in [0.1, 0.15) is 0 Å². The van der Waals surface area contributed by atoms with Crippen molar-refractivity contribution in [3.63, 3.8) is 0 Å². The number of hydrogen-bond acceptors (Lipinski definition) is 5. The van der Waals surface area contributed by atoms with Crippen LogP contribution in [0.1, 0.15) is 12.6 Å². The van der Waals surface area contributed by atoms with Crippen molar-refractivity contribution in [2.45, 2.75) is 13.5 Å². The van der Waals surface area contributed by atoms with Crippen molar-refractivity contribution in [1.82, 2.24) is 9.88 Å². The van der Waals surface area contributed by atoms with Gasteiger partial charge < -0.3 is 4.74 Å². The number of methoxy groups -OCH3 is 1. The van der Waals surface area contributed by atoms with Crippen molar-refractivity contribution in [2.24, 2.45) is 11.8 Å². The van der Waals surface area contributed by atoms with Gasteiger partial charge >= 0.3 is 5.97 Å². The molecule has 16 heavy (non-hydrogen) atoms. The third-order valence-electron chi connectivity index (χ3n) is 3.06. The summed E-state index contributed by atoms with van der Waals surface area (Å²) in [6, 6.07) is 0. The van der Waals surface area contributed by atoms with Gasteiger partial charge in [-0.05, 0) is 5.92 Å². The molecule has 0 saturated carbocycles. The molecule has 0 radical (unpaired) electrons. The Balaban J connectivity index is 1.93. The highest BCUT2D eigenvalue weighted by atomic mass is 32.1. The van der Waals surface area contributed by atoms with Crippen LogP contribution in [-0.2, 0) is 16.1 Å². The van der Waals surface area contributed by atoms with Crippen LogP contribution in [0.3, 0.4) is 0 Å². The zero-order valence-electron chi connectivity index (χ0n) is 9.55. The van der Waals surface area contributed by atoms with Gasteiger partial charge in [0, 0.05) is 25.0 Å². The second kappa shape index (κ2) is 4.93. The van der Waals surface area contributed by atoms with E-state index in [9.17, 15) is 4.79 Å². The van der Waals surface area contributed by atoms with Gasteiger partial charge in [0.05, 0.1) is 24.2 Å². The van der Waals surface area contributed by atoms with Crippen LogP contribution in [0.25, 0.3) is 0 Å². The minimum Gasteiger partial charge on any atom is -0.469 e. The summed E-state index contributed by atoms with van der Waals surface area (Å²) in [5, 5.41) is 2.05. The highest BCUT2D eigenvalue weighted by Gasteiger charge is 2.35. The Bertz CT molecular complexity index is 353. The standard InChI is InChI=1S/C11H16N2O2S/c1-8-3-13(4-9-6-16-7-12-9)5-10(8)11(14)15-2/h6-8,10H,3-5H2,1-2H3. The quantitative estimate of drug-likeness (QED) is 0.749. The van der Waals surface area contributed by atoms with E-state index in [0.29, 0.717) is 5.92 Å². The minimum absolute atomic E-state index is 0.0173. The normalized spacial score (nSPS) is 25.9. The molecule has 0 amide bonds. The SMILES string of the molecule is COC(=O)C1CN(Cc2cscn2)CC1C. The molecule has 1 aliphatic heterocycles. The maximum absolute atomic E-state index is 11.5. The van der Waals surface area contributed by atoms with Gasteiger partial charge in [-0.2, -0.15) is 0 Å². The van der Waals surface area contributed by atoms with Gasteiger partial charge in [0.15, 0.2) is 0 Å². The van der Waals surface area contributed by atoms with Crippen LogP contribution >= 0.6 is 11.3 Å². The van der Waals surface area contributed by atoms with Crippen molar-refractivity contribution in [3.8, 4) is 0 Å². The van der Waals surface area contributed by atoms with Crippen molar-refractivity contribution in [2.75, 3.05) is 20.2 Å². The van der Waals surface area contributed by atoms with E-state index in [1.807, 2.05) is 5.51 Å². The van der Waals surface area contributed by atoms with Crippen LogP contribution in [0.2, 0.25) is 0 Å². The third-order valence-corrected chi connectivity index (χ3v) is 3.70. The first-order valence-corrected chi connectivity index (χ1v) is 6.32. The van der Waals surface area contributed by atoms with Crippen molar-refractivity contribution < 1.29 is 9.53 Å². The maximum atomic E-state index is 11.5. The van der Waals surface area contributed by atoms with Crippen LogP contribution in [-0.4, -0.2) is 36.1 Å². The van der Waals surface area contributed by atoms with Crippen LogP contribution < -0.4 is 0 Å². The molecule has 1 aliphatic rings. The lowest BCUT2D eigenvalue weighted by molar-refractivity contribution is -0.146. The second-order valence-electron chi connectivity index (χ2n) is 4.28. The number of ether oxygens (including phenoxy) is 1. The van der Waals surface area contributed by atoms with Crippen molar-refractivity contribution >= 4 is 17.3 Å². The molecule has 0 aromatic carbocycles. The van der Waals surface area contributed by atoms with E-state index in [-0.39, 0.29) is 11.9 Å². The summed E-state index contributed by atoms with van der Waals surface area (Å²) in [7, 11) is 1.46. The molecule has 0 bridgehead atoms. The smallest absolute Gasteiger partial charge is 0.310 e. The molecular weight excluding hydrogens is 224 g/mol. The Kier molecular flexibility index (Phi) is 3.56. The number of carbonyl (C=O) groups excluding carboxylic acids is 1. The first-order chi connectivity index (χ1) is 7.70. The first-order valence-electron chi connectivity index (χ1n) is 5.38. The fraction of sp³-hybridized carbons (Fsp3) is 0.636. The number of hydrogen-bond donors (Lipinski definition) is 0. The average molecular weight is 240 g/mol. The van der Waals surface area contributed by atoms with Gasteiger partial charge in [0.25, 0.3) is 0 Å². The van der Waals surface area contributed by atoms with Crippen LogP contribution in [0.4, 0.5) is 0 Å². The second-order valence-corrected chi connectivity index (χ2v) is 5.00. The monoisotopic (exact) mass is 240 g/mol. The molecule has 2 unspecified atom stereocenters. The van der Waals surface area contributed by atoms with E-state index in [4.69, 9.17) is 4.74 Å². The summed E-state index contributed by atoms with van der Waals surface area (Å²) in [5.41, 5.74) is 2.93. The first kappa shape index (κ1) is 11.5.